The average Bonchev–Trinajstić information content (AvgIpc) is 3.01. The zero-order valence-corrected chi connectivity index (χ0v) is 19.9. The minimum Gasteiger partial charge on any atom is -0.356 e. The van der Waals surface area contributed by atoms with Crippen molar-refractivity contribution >= 4 is 29.9 Å². The highest BCUT2D eigenvalue weighted by atomic mass is 127. The van der Waals surface area contributed by atoms with Gasteiger partial charge in [0.25, 0.3) is 0 Å². The Balaban J connectivity index is 0.00000280. The molecule has 1 aromatic carbocycles. The van der Waals surface area contributed by atoms with Crippen LogP contribution in [0.15, 0.2) is 35.6 Å². The largest absolute Gasteiger partial charge is 0.356 e. The summed E-state index contributed by atoms with van der Waals surface area (Å²) in [5.74, 6) is 1.68. The van der Waals surface area contributed by atoms with E-state index in [1.165, 1.54) is 30.4 Å². The van der Waals surface area contributed by atoms with E-state index in [-0.39, 0.29) is 34.8 Å². The van der Waals surface area contributed by atoms with Gasteiger partial charge in [-0.1, -0.05) is 51.5 Å². The maximum atomic E-state index is 4.36. The number of halogens is 1. The van der Waals surface area contributed by atoms with Crippen LogP contribution in [0.5, 0.6) is 0 Å². The molecule has 0 radical (unpaired) electrons. The second kappa shape index (κ2) is 9.24. The van der Waals surface area contributed by atoms with Crippen LogP contribution in [0.4, 0.5) is 0 Å². The summed E-state index contributed by atoms with van der Waals surface area (Å²) in [5, 5.41) is 10.9. The number of nitrogens with zero attached hydrogens (tertiary/aromatic N) is 4. The van der Waals surface area contributed by atoms with Gasteiger partial charge in [0.1, 0.15) is 12.2 Å². The first kappa shape index (κ1) is 22.6. The summed E-state index contributed by atoms with van der Waals surface area (Å²) in [7, 11) is 3.70. The Hall–Kier alpha value is -1.64. The Labute approximate surface area is 185 Å². The molecule has 28 heavy (non-hydrogen) atoms. The molecular formula is C21H33IN6. The van der Waals surface area contributed by atoms with Crippen LogP contribution in [-0.2, 0) is 24.4 Å². The molecule has 0 aliphatic heterocycles. The van der Waals surface area contributed by atoms with Gasteiger partial charge >= 0.3 is 0 Å². The number of hydrogen-bond donors (Lipinski definition) is 2. The smallest absolute Gasteiger partial charge is 0.191 e. The number of nitrogens with one attached hydrogen (secondary N) is 2. The van der Waals surface area contributed by atoms with Gasteiger partial charge in [0.2, 0.25) is 0 Å². The van der Waals surface area contributed by atoms with E-state index in [1.54, 1.807) is 18.1 Å². The zero-order valence-electron chi connectivity index (χ0n) is 17.6. The van der Waals surface area contributed by atoms with Crippen molar-refractivity contribution in [2.24, 2.45) is 12.0 Å². The SMILES string of the molecule is CN=C(NCc1ncnn1C)NCC1(c2ccc(C(C)(C)C)cc2)CCC1.I. The van der Waals surface area contributed by atoms with E-state index in [2.05, 4.69) is 70.7 Å². The summed E-state index contributed by atoms with van der Waals surface area (Å²) in [4.78, 5) is 8.60. The van der Waals surface area contributed by atoms with Crippen molar-refractivity contribution in [2.45, 2.75) is 57.4 Å². The molecule has 0 bridgehead atoms. The Morgan fingerprint density at radius 1 is 1.18 bits per heavy atom. The third kappa shape index (κ3) is 5.04. The van der Waals surface area contributed by atoms with Crippen molar-refractivity contribution in [2.75, 3.05) is 13.6 Å². The highest BCUT2D eigenvalue weighted by Crippen LogP contribution is 2.43. The lowest BCUT2D eigenvalue weighted by atomic mass is 9.64. The van der Waals surface area contributed by atoms with E-state index in [9.17, 15) is 0 Å². The number of aromatic nitrogens is 3. The fourth-order valence-corrected chi connectivity index (χ4v) is 3.61. The molecule has 3 rings (SSSR count). The maximum absolute atomic E-state index is 4.36. The first-order chi connectivity index (χ1) is 12.8. The molecule has 0 amide bonds. The number of benzene rings is 1. The lowest BCUT2D eigenvalue weighted by Crippen LogP contribution is -2.48. The van der Waals surface area contributed by atoms with E-state index in [4.69, 9.17) is 0 Å². The van der Waals surface area contributed by atoms with Crippen molar-refractivity contribution in [3.05, 3.63) is 47.5 Å². The van der Waals surface area contributed by atoms with Crippen LogP contribution in [0.25, 0.3) is 0 Å². The number of hydrogen-bond acceptors (Lipinski definition) is 3. The summed E-state index contributed by atoms with van der Waals surface area (Å²) in [6, 6.07) is 9.21. The zero-order chi connectivity index (χ0) is 19.5. The van der Waals surface area contributed by atoms with Crippen LogP contribution in [0.3, 0.4) is 0 Å². The van der Waals surface area contributed by atoms with E-state index < -0.39 is 0 Å². The van der Waals surface area contributed by atoms with Crippen LogP contribution < -0.4 is 10.6 Å². The van der Waals surface area contributed by atoms with Crippen molar-refractivity contribution in [3.8, 4) is 0 Å². The molecule has 1 fully saturated rings. The third-order valence-electron chi connectivity index (χ3n) is 5.71. The maximum Gasteiger partial charge on any atom is 0.191 e. The van der Waals surface area contributed by atoms with Gasteiger partial charge in [-0.25, -0.2) is 4.98 Å². The van der Waals surface area contributed by atoms with Gasteiger partial charge in [-0.15, -0.1) is 24.0 Å². The van der Waals surface area contributed by atoms with Gasteiger partial charge in [0.05, 0.1) is 6.54 Å². The molecular weight excluding hydrogens is 463 g/mol. The summed E-state index contributed by atoms with van der Waals surface area (Å²) >= 11 is 0. The van der Waals surface area contributed by atoms with Crippen molar-refractivity contribution in [1.82, 2.24) is 25.4 Å². The van der Waals surface area contributed by atoms with E-state index >= 15 is 0 Å². The Morgan fingerprint density at radius 3 is 2.32 bits per heavy atom. The number of aryl methyl sites for hydroxylation is 1. The lowest BCUT2D eigenvalue weighted by Gasteiger charge is -2.43. The molecule has 1 aliphatic carbocycles. The van der Waals surface area contributed by atoms with Crippen molar-refractivity contribution < 1.29 is 0 Å². The van der Waals surface area contributed by atoms with Crippen molar-refractivity contribution in [3.63, 3.8) is 0 Å². The number of aliphatic imine (C=N–C) groups is 1. The van der Waals surface area contributed by atoms with Gasteiger partial charge in [0, 0.05) is 26.1 Å². The molecule has 154 valence electrons. The number of guanidine groups is 1. The van der Waals surface area contributed by atoms with Gasteiger partial charge < -0.3 is 10.6 Å². The summed E-state index contributed by atoms with van der Waals surface area (Å²) < 4.78 is 1.77. The molecule has 2 N–H and O–H groups in total. The third-order valence-corrected chi connectivity index (χ3v) is 5.71. The normalized spacial score (nSPS) is 16.1. The quantitative estimate of drug-likeness (QED) is 0.378. The predicted molar refractivity (Wildman–Crippen MR) is 125 cm³/mol. The predicted octanol–water partition coefficient (Wildman–Crippen LogP) is 3.52. The fraction of sp³-hybridized carbons (Fsp3) is 0.571. The summed E-state index contributed by atoms with van der Waals surface area (Å²) in [6.45, 7) is 8.27. The Bertz CT molecular complexity index is 784. The molecule has 1 aromatic heterocycles. The Morgan fingerprint density at radius 2 is 1.86 bits per heavy atom. The molecule has 7 heteroatoms. The Kier molecular flexibility index (Phi) is 7.47. The van der Waals surface area contributed by atoms with Crippen LogP contribution in [0, 0.1) is 0 Å². The minimum absolute atomic E-state index is 0. The highest BCUT2D eigenvalue weighted by Gasteiger charge is 2.38. The molecule has 1 saturated carbocycles. The molecule has 0 atom stereocenters. The molecule has 1 heterocycles. The molecule has 0 saturated heterocycles. The number of rotatable bonds is 5. The average molecular weight is 496 g/mol. The van der Waals surface area contributed by atoms with Crippen LogP contribution in [0.2, 0.25) is 0 Å². The summed E-state index contributed by atoms with van der Waals surface area (Å²) in [6.07, 6.45) is 5.29. The highest BCUT2D eigenvalue weighted by molar-refractivity contribution is 14.0. The fourth-order valence-electron chi connectivity index (χ4n) is 3.61. The summed E-state index contributed by atoms with van der Waals surface area (Å²) in [5.41, 5.74) is 3.21. The molecule has 0 spiro atoms. The first-order valence-corrected chi connectivity index (χ1v) is 9.72. The second-order valence-electron chi connectivity index (χ2n) is 8.54. The first-order valence-electron chi connectivity index (χ1n) is 9.72. The van der Waals surface area contributed by atoms with Gasteiger partial charge in [0.15, 0.2) is 5.96 Å². The molecule has 6 nitrogen and oxygen atoms in total. The van der Waals surface area contributed by atoms with Crippen LogP contribution >= 0.6 is 24.0 Å². The van der Waals surface area contributed by atoms with E-state index in [0.717, 1.165) is 18.3 Å². The van der Waals surface area contributed by atoms with Gasteiger partial charge in [-0.2, -0.15) is 5.10 Å². The van der Waals surface area contributed by atoms with Gasteiger partial charge in [-0.05, 0) is 29.4 Å². The van der Waals surface area contributed by atoms with E-state index in [0.29, 0.717) is 6.54 Å². The lowest BCUT2D eigenvalue weighted by molar-refractivity contribution is 0.243. The van der Waals surface area contributed by atoms with E-state index in [1.807, 2.05) is 7.05 Å². The van der Waals surface area contributed by atoms with Gasteiger partial charge in [-0.3, -0.25) is 9.67 Å². The monoisotopic (exact) mass is 496 g/mol. The molecule has 2 aromatic rings. The minimum atomic E-state index is 0. The second-order valence-corrected chi connectivity index (χ2v) is 8.54. The topological polar surface area (TPSA) is 67.1 Å². The van der Waals surface area contributed by atoms with Crippen molar-refractivity contribution in [1.29, 1.82) is 0 Å². The molecule has 1 aliphatic rings. The van der Waals surface area contributed by atoms with Crippen LogP contribution in [0.1, 0.15) is 57.0 Å². The standard InChI is InChI=1S/C21H32N6.HI/c1-20(2,3)16-7-9-17(10-8-16)21(11-6-12-21)14-24-19(22-4)23-13-18-25-15-26-27(18)5;/h7-10,15H,6,11-14H2,1-5H3,(H2,22,23,24);1H. The molecule has 0 unspecified atom stereocenters. The van der Waals surface area contributed by atoms with Crippen LogP contribution in [-0.4, -0.2) is 34.3 Å².